The average Bonchev–Trinajstić information content (AvgIpc) is 2.60. The second-order valence-electron chi connectivity index (χ2n) is 3.85. The van der Waals surface area contributed by atoms with Gasteiger partial charge in [0.1, 0.15) is 0 Å². The number of rotatable bonds is 5. The minimum absolute atomic E-state index is 0. The third kappa shape index (κ3) is 5.73. The van der Waals surface area contributed by atoms with Gasteiger partial charge in [0, 0.05) is 17.3 Å². The van der Waals surface area contributed by atoms with Crippen LogP contribution >= 0.6 is 35.3 Å². The Bertz CT molecular complexity index is 355. The number of halogens is 2. The lowest BCUT2D eigenvalue weighted by Gasteiger charge is -2.16. The Labute approximate surface area is 117 Å². The molecule has 2 unspecified atom stereocenters. The Balaban J connectivity index is 0.00000256. The molecule has 1 amide bonds. The standard InChI is InChI=1S/C11H17ClN2OS.ClH/c1-3-8(9-4-5-10(12)16-9)14-11(15)6-7(2)13;/h4-5,7-8H,3,6,13H2,1-2H3,(H,14,15);1H. The van der Waals surface area contributed by atoms with Crippen LogP contribution in [0.25, 0.3) is 0 Å². The van der Waals surface area contributed by atoms with Gasteiger partial charge in [0.25, 0.3) is 0 Å². The van der Waals surface area contributed by atoms with Crippen molar-refractivity contribution in [2.45, 2.75) is 38.8 Å². The fourth-order valence-corrected chi connectivity index (χ4v) is 2.63. The SMILES string of the molecule is CCC(NC(=O)CC(C)N)c1ccc(Cl)s1.Cl. The van der Waals surface area contributed by atoms with E-state index in [0.29, 0.717) is 6.42 Å². The summed E-state index contributed by atoms with van der Waals surface area (Å²) in [5.74, 6) is -0.00799. The Kier molecular flexibility index (Phi) is 7.79. The highest BCUT2D eigenvalue weighted by atomic mass is 35.5. The number of nitrogens with two attached hydrogens (primary N) is 1. The number of hydrogen-bond donors (Lipinski definition) is 2. The Morgan fingerprint density at radius 3 is 2.65 bits per heavy atom. The number of carbonyl (C=O) groups excluding carboxylic acids is 1. The quantitative estimate of drug-likeness (QED) is 0.877. The van der Waals surface area contributed by atoms with Crippen LogP contribution in [0.15, 0.2) is 12.1 Å². The van der Waals surface area contributed by atoms with Crippen LogP contribution in [0.5, 0.6) is 0 Å². The molecule has 1 heterocycles. The van der Waals surface area contributed by atoms with Crippen LogP contribution in [0.1, 0.15) is 37.6 Å². The van der Waals surface area contributed by atoms with Crippen molar-refractivity contribution >= 4 is 41.3 Å². The fourth-order valence-electron chi connectivity index (χ4n) is 1.44. The molecule has 17 heavy (non-hydrogen) atoms. The molecule has 0 aliphatic carbocycles. The van der Waals surface area contributed by atoms with Gasteiger partial charge in [-0.1, -0.05) is 18.5 Å². The van der Waals surface area contributed by atoms with E-state index in [1.54, 1.807) is 0 Å². The zero-order valence-electron chi connectivity index (χ0n) is 9.90. The van der Waals surface area contributed by atoms with Crippen LogP contribution in [0.4, 0.5) is 0 Å². The summed E-state index contributed by atoms with van der Waals surface area (Å²) < 4.78 is 0.745. The summed E-state index contributed by atoms with van der Waals surface area (Å²) in [5.41, 5.74) is 5.57. The minimum atomic E-state index is -0.107. The molecule has 0 aromatic carbocycles. The van der Waals surface area contributed by atoms with Crippen molar-refractivity contribution < 1.29 is 4.79 Å². The van der Waals surface area contributed by atoms with Crippen molar-refractivity contribution in [1.82, 2.24) is 5.32 Å². The van der Waals surface area contributed by atoms with Crippen LogP contribution in [-0.4, -0.2) is 11.9 Å². The van der Waals surface area contributed by atoms with E-state index in [9.17, 15) is 4.79 Å². The summed E-state index contributed by atoms with van der Waals surface area (Å²) in [6, 6.07) is 3.74. The zero-order chi connectivity index (χ0) is 12.1. The molecule has 6 heteroatoms. The number of hydrogen-bond acceptors (Lipinski definition) is 3. The first-order chi connectivity index (χ1) is 7.52. The highest BCUT2D eigenvalue weighted by molar-refractivity contribution is 7.16. The summed E-state index contributed by atoms with van der Waals surface area (Å²) in [6.45, 7) is 3.85. The molecule has 1 aromatic rings. The molecule has 0 spiro atoms. The highest BCUT2D eigenvalue weighted by Gasteiger charge is 2.15. The first kappa shape index (κ1) is 16.7. The molecule has 3 N–H and O–H groups in total. The van der Waals surface area contributed by atoms with Gasteiger partial charge in [0.15, 0.2) is 0 Å². The molecule has 3 nitrogen and oxygen atoms in total. The van der Waals surface area contributed by atoms with Crippen LogP contribution in [0.3, 0.4) is 0 Å². The lowest BCUT2D eigenvalue weighted by Crippen LogP contribution is -2.32. The van der Waals surface area contributed by atoms with Gasteiger partial charge in [-0.25, -0.2) is 0 Å². The number of amides is 1. The van der Waals surface area contributed by atoms with Gasteiger partial charge < -0.3 is 11.1 Å². The maximum Gasteiger partial charge on any atom is 0.222 e. The maximum absolute atomic E-state index is 11.6. The summed E-state index contributed by atoms with van der Waals surface area (Å²) in [4.78, 5) is 12.7. The molecule has 98 valence electrons. The van der Waals surface area contributed by atoms with Crippen molar-refractivity contribution in [3.05, 3.63) is 21.3 Å². The van der Waals surface area contributed by atoms with Crippen molar-refractivity contribution in [3.8, 4) is 0 Å². The van der Waals surface area contributed by atoms with Crippen LogP contribution in [0, 0.1) is 0 Å². The van der Waals surface area contributed by atoms with E-state index < -0.39 is 0 Å². The lowest BCUT2D eigenvalue weighted by atomic mass is 10.1. The molecular weight excluding hydrogens is 279 g/mol. The maximum atomic E-state index is 11.6. The van der Waals surface area contributed by atoms with Crippen molar-refractivity contribution in [2.24, 2.45) is 5.73 Å². The van der Waals surface area contributed by atoms with E-state index in [1.807, 2.05) is 26.0 Å². The molecule has 1 rings (SSSR count). The van der Waals surface area contributed by atoms with Crippen LogP contribution < -0.4 is 11.1 Å². The van der Waals surface area contributed by atoms with Crippen molar-refractivity contribution in [2.75, 3.05) is 0 Å². The fraction of sp³-hybridized carbons (Fsp3) is 0.545. The predicted octanol–water partition coefficient (Wildman–Crippen LogP) is 3.13. The first-order valence-electron chi connectivity index (χ1n) is 5.33. The topological polar surface area (TPSA) is 55.1 Å². The van der Waals surface area contributed by atoms with Gasteiger partial charge in [0.05, 0.1) is 10.4 Å². The number of nitrogens with one attached hydrogen (secondary N) is 1. The molecular formula is C11H18Cl2N2OS. The molecule has 0 saturated carbocycles. The van der Waals surface area contributed by atoms with E-state index in [0.717, 1.165) is 15.6 Å². The molecule has 1 aromatic heterocycles. The zero-order valence-corrected chi connectivity index (χ0v) is 12.3. The predicted molar refractivity (Wildman–Crippen MR) is 76.0 cm³/mol. The second kappa shape index (κ2) is 7.93. The largest absolute Gasteiger partial charge is 0.348 e. The summed E-state index contributed by atoms with van der Waals surface area (Å²) in [6.07, 6.45) is 1.21. The van der Waals surface area contributed by atoms with Gasteiger partial charge in [-0.15, -0.1) is 23.7 Å². The Hall–Kier alpha value is -0.290. The molecule has 0 radical (unpaired) electrons. The van der Waals surface area contributed by atoms with E-state index in [2.05, 4.69) is 5.32 Å². The van der Waals surface area contributed by atoms with Crippen molar-refractivity contribution in [3.63, 3.8) is 0 Å². The van der Waals surface area contributed by atoms with E-state index in [-0.39, 0.29) is 30.4 Å². The summed E-state index contributed by atoms with van der Waals surface area (Å²) >= 11 is 7.37. The minimum Gasteiger partial charge on any atom is -0.348 e. The second-order valence-corrected chi connectivity index (χ2v) is 5.60. The summed E-state index contributed by atoms with van der Waals surface area (Å²) in [7, 11) is 0. The average molecular weight is 297 g/mol. The Morgan fingerprint density at radius 1 is 1.59 bits per heavy atom. The van der Waals surface area contributed by atoms with Gasteiger partial charge in [-0.3, -0.25) is 4.79 Å². The van der Waals surface area contributed by atoms with Gasteiger partial charge >= 0.3 is 0 Å². The smallest absolute Gasteiger partial charge is 0.222 e. The van der Waals surface area contributed by atoms with Gasteiger partial charge in [0.2, 0.25) is 5.91 Å². The first-order valence-corrected chi connectivity index (χ1v) is 6.52. The monoisotopic (exact) mass is 296 g/mol. The third-order valence-corrected chi connectivity index (χ3v) is 3.53. The molecule has 0 saturated heterocycles. The summed E-state index contributed by atoms with van der Waals surface area (Å²) in [5, 5.41) is 2.96. The van der Waals surface area contributed by atoms with E-state index in [1.165, 1.54) is 11.3 Å². The lowest BCUT2D eigenvalue weighted by molar-refractivity contribution is -0.122. The van der Waals surface area contributed by atoms with Crippen LogP contribution in [-0.2, 0) is 4.79 Å². The molecule has 0 aliphatic rings. The molecule has 0 fully saturated rings. The normalized spacial score (nSPS) is 13.6. The number of thiophene rings is 1. The highest BCUT2D eigenvalue weighted by Crippen LogP contribution is 2.28. The third-order valence-electron chi connectivity index (χ3n) is 2.19. The van der Waals surface area contributed by atoms with Crippen molar-refractivity contribution in [1.29, 1.82) is 0 Å². The number of carbonyl (C=O) groups is 1. The molecule has 0 aliphatic heterocycles. The van der Waals surface area contributed by atoms with Gasteiger partial charge in [-0.05, 0) is 25.5 Å². The molecule has 0 bridgehead atoms. The molecule has 2 atom stereocenters. The van der Waals surface area contributed by atoms with Crippen LogP contribution in [0.2, 0.25) is 4.34 Å². The van der Waals surface area contributed by atoms with E-state index >= 15 is 0 Å². The van der Waals surface area contributed by atoms with Gasteiger partial charge in [-0.2, -0.15) is 0 Å². The van der Waals surface area contributed by atoms with E-state index in [4.69, 9.17) is 17.3 Å². The Morgan fingerprint density at radius 2 is 2.24 bits per heavy atom.